The van der Waals surface area contributed by atoms with Crippen molar-refractivity contribution in [3.63, 3.8) is 0 Å². The summed E-state index contributed by atoms with van der Waals surface area (Å²) >= 11 is 0. The molecule has 0 heterocycles. The van der Waals surface area contributed by atoms with Gasteiger partial charge in [0.25, 0.3) is 5.91 Å². The number of amides is 1. The first-order valence-electron chi connectivity index (χ1n) is 6.65. The van der Waals surface area contributed by atoms with Gasteiger partial charge in [0.15, 0.2) is 0 Å². The number of rotatable bonds is 7. The third-order valence-electron chi connectivity index (χ3n) is 3.05. The first-order chi connectivity index (χ1) is 10.0. The largest absolute Gasteiger partial charge is 0.497 e. The Balaban J connectivity index is 2.90. The molecule has 1 amide bonds. The number of nitrogens with zero attached hydrogens (tertiary/aromatic N) is 1. The van der Waals surface area contributed by atoms with Crippen molar-refractivity contribution >= 4 is 11.9 Å². The highest BCUT2D eigenvalue weighted by Crippen LogP contribution is 2.15. The second-order valence-electron chi connectivity index (χ2n) is 4.65. The van der Waals surface area contributed by atoms with E-state index in [0.29, 0.717) is 17.9 Å². The van der Waals surface area contributed by atoms with Gasteiger partial charge in [0, 0.05) is 18.7 Å². The van der Waals surface area contributed by atoms with Crippen LogP contribution in [-0.2, 0) is 9.53 Å². The number of benzene rings is 1. The zero-order valence-corrected chi connectivity index (χ0v) is 12.7. The van der Waals surface area contributed by atoms with E-state index in [0.717, 1.165) is 0 Å². The molecule has 1 unspecified atom stereocenters. The van der Waals surface area contributed by atoms with Crippen molar-refractivity contribution in [1.82, 2.24) is 4.90 Å². The van der Waals surface area contributed by atoms with E-state index in [1.165, 1.54) is 7.11 Å². The maximum atomic E-state index is 12.5. The van der Waals surface area contributed by atoms with Crippen molar-refractivity contribution in [3.8, 4) is 5.75 Å². The van der Waals surface area contributed by atoms with Crippen molar-refractivity contribution in [2.24, 2.45) is 5.92 Å². The molecule has 1 atom stereocenters. The molecule has 5 heteroatoms. The van der Waals surface area contributed by atoms with Crippen LogP contribution in [-0.4, -0.2) is 44.1 Å². The van der Waals surface area contributed by atoms with Gasteiger partial charge in [-0.05, 0) is 18.2 Å². The van der Waals surface area contributed by atoms with E-state index in [4.69, 9.17) is 9.47 Å². The van der Waals surface area contributed by atoms with Crippen molar-refractivity contribution in [3.05, 3.63) is 42.5 Å². The molecule has 0 aliphatic heterocycles. The van der Waals surface area contributed by atoms with Crippen LogP contribution in [0.1, 0.15) is 17.3 Å². The minimum Gasteiger partial charge on any atom is -0.497 e. The normalized spacial score (nSPS) is 11.4. The first kappa shape index (κ1) is 16.8. The molecule has 0 bridgehead atoms. The molecule has 0 radical (unpaired) electrons. The molecule has 0 saturated carbocycles. The Morgan fingerprint density at radius 1 is 1.38 bits per heavy atom. The Hall–Kier alpha value is -2.30. The summed E-state index contributed by atoms with van der Waals surface area (Å²) in [7, 11) is 2.88. The minimum atomic E-state index is -0.399. The maximum absolute atomic E-state index is 12.5. The lowest BCUT2D eigenvalue weighted by Gasteiger charge is -2.24. The summed E-state index contributed by atoms with van der Waals surface area (Å²) in [6.45, 7) is 6.00. The molecule has 1 aromatic carbocycles. The van der Waals surface area contributed by atoms with Crippen LogP contribution >= 0.6 is 0 Å². The highest BCUT2D eigenvalue weighted by Gasteiger charge is 2.21. The number of ether oxygens (including phenoxy) is 2. The molecule has 0 aliphatic rings. The molecular formula is C16H21NO4. The van der Waals surface area contributed by atoms with E-state index in [2.05, 4.69) is 6.58 Å². The lowest BCUT2D eigenvalue weighted by atomic mass is 10.1. The lowest BCUT2D eigenvalue weighted by molar-refractivity contribution is -0.145. The van der Waals surface area contributed by atoms with Gasteiger partial charge in [-0.25, -0.2) is 0 Å². The molecule has 5 nitrogen and oxygen atoms in total. The fraction of sp³-hybridized carbons (Fsp3) is 0.375. The quantitative estimate of drug-likeness (QED) is 0.570. The predicted octanol–water partition coefficient (Wildman–Crippen LogP) is 2.13. The Kier molecular flexibility index (Phi) is 6.46. The number of carbonyl (C=O) groups is 2. The van der Waals surface area contributed by atoms with Crippen molar-refractivity contribution < 1.29 is 19.1 Å². The topological polar surface area (TPSA) is 55.8 Å². The molecular weight excluding hydrogens is 270 g/mol. The van der Waals surface area contributed by atoms with Crippen LogP contribution in [0.4, 0.5) is 0 Å². The Labute approximate surface area is 125 Å². The fourth-order valence-electron chi connectivity index (χ4n) is 1.94. The van der Waals surface area contributed by atoms with Crippen molar-refractivity contribution in [2.45, 2.75) is 6.92 Å². The molecule has 0 aromatic heterocycles. The molecule has 0 N–H and O–H groups in total. The third kappa shape index (κ3) is 4.63. The average molecular weight is 291 g/mol. The van der Waals surface area contributed by atoms with Crippen LogP contribution in [0.5, 0.6) is 5.75 Å². The van der Waals surface area contributed by atoms with Gasteiger partial charge in [-0.2, -0.15) is 0 Å². The summed E-state index contributed by atoms with van der Waals surface area (Å²) in [5.74, 6) is -0.308. The summed E-state index contributed by atoms with van der Waals surface area (Å²) in [5.41, 5.74) is 0.508. The van der Waals surface area contributed by atoms with E-state index in [1.807, 2.05) is 0 Å². The van der Waals surface area contributed by atoms with Gasteiger partial charge in [-0.3, -0.25) is 9.59 Å². The third-order valence-corrected chi connectivity index (χ3v) is 3.05. The van der Waals surface area contributed by atoms with Crippen LogP contribution < -0.4 is 4.74 Å². The second-order valence-corrected chi connectivity index (χ2v) is 4.65. The monoisotopic (exact) mass is 291 g/mol. The van der Waals surface area contributed by atoms with Gasteiger partial charge in [0.2, 0.25) is 0 Å². The predicted molar refractivity (Wildman–Crippen MR) is 80.3 cm³/mol. The van der Waals surface area contributed by atoms with Crippen LogP contribution in [0.15, 0.2) is 36.9 Å². The second kappa shape index (κ2) is 8.09. The Morgan fingerprint density at radius 2 is 2.10 bits per heavy atom. The van der Waals surface area contributed by atoms with Gasteiger partial charge in [-0.1, -0.05) is 19.1 Å². The number of esters is 1. The molecule has 21 heavy (non-hydrogen) atoms. The number of hydrogen-bond donors (Lipinski definition) is 0. The van der Waals surface area contributed by atoms with E-state index >= 15 is 0 Å². The van der Waals surface area contributed by atoms with E-state index in [9.17, 15) is 9.59 Å². The van der Waals surface area contributed by atoms with E-state index < -0.39 is 5.92 Å². The van der Waals surface area contributed by atoms with E-state index in [-0.39, 0.29) is 18.4 Å². The van der Waals surface area contributed by atoms with Gasteiger partial charge >= 0.3 is 5.97 Å². The fourth-order valence-corrected chi connectivity index (χ4v) is 1.94. The van der Waals surface area contributed by atoms with E-state index in [1.54, 1.807) is 49.3 Å². The number of carbonyl (C=O) groups excluding carboxylic acids is 2. The summed E-state index contributed by atoms with van der Waals surface area (Å²) in [4.78, 5) is 25.6. The van der Waals surface area contributed by atoms with Crippen molar-refractivity contribution in [1.29, 1.82) is 0 Å². The molecule has 0 spiro atoms. The minimum absolute atomic E-state index is 0.176. The molecule has 0 saturated heterocycles. The summed E-state index contributed by atoms with van der Waals surface area (Å²) in [6, 6.07) is 6.90. The van der Waals surface area contributed by atoms with Crippen LogP contribution in [0.3, 0.4) is 0 Å². The summed E-state index contributed by atoms with van der Waals surface area (Å²) in [6.07, 6.45) is 1.63. The highest BCUT2D eigenvalue weighted by atomic mass is 16.5. The molecule has 1 rings (SSSR count). The Morgan fingerprint density at radius 3 is 2.67 bits per heavy atom. The molecule has 1 aromatic rings. The highest BCUT2D eigenvalue weighted by molar-refractivity contribution is 5.95. The van der Waals surface area contributed by atoms with Gasteiger partial charge in [-0.15, -0.1) is 6.58 Å². The molecule has 114 valence electrons. The van der Waals surface area contributed by atoms with Gasteiger partial charge < -0.3 is 14.4 Å². The standard InChI is InChI=1S/C16H21NO4/c1-5-9-17(11-12(2)16(19)21-4)15(18)13-7-6-8-14(10-13)20-3/h5-8,10,12H,1,9,11H2,2-4H3. The van der Waals surface area contributed by atoms with Crippen molar-refractivity contribution in [2.75, 3.05) is 27.3 Å². The number of methoxy groups -OCH3 is 2. The maximum Gasteiger partial charge on any atom is 0.310 e. The number of hydrogen-bond acceptors (Lipinski definition) is 4. The molecule has 0 fully saturated rings. The SMILES string of the molecule is C=CCN(CC(C)C(=O)OC)C(=O)c1cccc(OC)c1. The summed E-state index contributed by atoms with van der Waals surface area (Å²) < 4.78 is 9.81. The Bertz CT molecular complexity index is 513. The zero-order valence-electron chi connectivity index (χ0n) is 12.7. The van der Waals surface area contributed by atoms with Gasteiger partial charge in [0.1, 0.15) is 5.75 Å². The molecule has 0 aliphatic carbocycles. The zero-order chi connectivity index (χ0) is 15.8. The smallest absolute Gasteiger partial charge is 0.310 e. The van der Waals surface area contributed by atoms with Gasteiger partial charge in [0.05, 0.1) is 20.1 Å². The van der Waals surface area contributed by atoms with Crippen LogP contribution in [0.2, 0.25) is 0 Å². The first-order valence-corrected chi connectivity index (χ1v) is 6.65. The van der Waals surface area contributed by atoms with Crippen LogP contribution in [0, 0.1) is 5.92 Å². The summed E-state index contributed by atoms with van der Waals surface area (Å²) in [5, 5.41) is 0. The van der Waals surface area contributed by atoms with Crippen LogP contribution in [0.25, 0.3) is 0 Å². The average Bonchev–Trinajstić information content (AvgIpc) is 2.52. The lowest BCUT2D eigenvalue weighted by Crippen LogP contribution is -2.37.